The largest absolute Gasteiger partial charge is 0.379 e. The van der Waals surface area contributed by atoms with Crippen LogP contribution in [0.25, 0.3) is 0 Å². The van der Waals surface area contributed by atoms with Crippen molar-refractivity contribution in [2.75, 3.05) is 39.4 Å². The third-order valence-corrected chi connectivity index (χ3v) is 4.21. The first-order chi connectivity index (χ1) is 11.6. The van der Waals surface area contributed by atoms with Crippen LogP contribution in [0.1, 0.15) is 18.6 Å². The Kier molecular flexibility index (Phi) is 9.98. The first kappa shape index (κ1) is 21.8. The van der Waals surface area contributed by atoms with Gasteiger partial charge in [-0.05, 0) is 13.8 Å². The minimum atomic E-state index is 0. The number of aromatic nitrogens is 3. The summed E-state index contributed by atoms with van der Waals surface area (Å²) in [5.74, 6) is 2.48. The second-order valence-electron chi connectivity index (χ2n) is 5.94. The predicted molar refractivity (Wildman–Crippen MR) is 110 cm³/mol. The van der Waals surface area contributed by atoms with Crippen molar-refractivity contribution in [2.45, 2.75) is 26.4 Å². The lowest BCUT2D eigenvalue weighted by Gasteiger charge is -2.32. The van der Waals surface area contributed by atoms with E-state index in [4.69, 9.17) is 4.74 Å². The van der Waals surface area contributed by atoms with Crippen LogP contribution in [-0.4, -0.2) is 71.1 Å². The maximum Gasteiger partial charge on any atom is 0.192 e. The van der Waals surface area contributed by atoms with Crippen LogP contribution in [0, 0.1) is 6.92 Å². The van der Waals surface area contributed by atoms with Crippen molar-refractivity contribution in [1.29, 1.82) is 0 Å². The van der Waals surface area contributed by atoms with Crippen molar-refractivity contribution in [3.05, 3.63) is 24.3 Å². The standard InChI is InChI=1S/C16H29N7O.HI/c1-5-6-17-16(19-12-15-21-20-14(3)22(15)4)18-11-13(2)23-7-9-24-10-8-23;/h5,13H,1,6-12H2,2-4H3,(H2,17,18,19);1H. The number of nitrogens with zero attached hydrogens (tertiary/aromatic N) is 5. The summed E-state index contributed by atoms with van der Waals surface area (Å²) in [6.45, 7) is 13.4. The van der Waals surface area contributed by atoms with E-state index < -0.39 is 0 Å². The Morgan fingerprint density at radius 1 is 1.36 bits per heavy atom. The van der Waals surface area contributed by atoms with Crippen molar-refractivity contribution in [3.63, 3.8) is 0 Å². The second-order valence-corrected chi connectivity index (χ2v) is 5.94. The molecule has 2 heterocycles. The third-order valence-electron chi connectivity index (χ3n) is 4.21. The third kappa shape index (κ3) is 6.90. The summed E-state index contributed by atoms with van der Waals surface area (Å²) in [6.07, 6.45) is 1.81. The molecule has 1 aliphatic heterocycles. The Morgan fingerprint density at radius 2 is 2.08 bits per heavy atom. The monoisotopic (exact) mass is 463 g/mol. The minimum Gasteiger partial charge on any atom is -0.379 e. The average Bonchev–Trinajstić information content (AvgIpc) is 2.93. The van der Waals surface area contributed by atoms with E-state index in [1.165, 1.54) is 0 Å². The van der Waals surface area contributed by atoms with Gasteiger partial charge in [-0.1, -0.05) is 6.08 Å². The number of nitrogens with one attached hydrogen (secondary N) is 2. The van der Waals surface area contributed by atoms with Gasteiger partial charge in [0.2, 0.25) is 0 Å². The van der Waals surface area contributed by atoms with Crippen molar-refractivity contribution >= 4 is 29.9 Å². The number of guanidine groups is 1. The lowest BCUT2D eigenvalue weighted by atomic mass is 10.2. The summed E-state index contributed by atoms with van der Waals surface area (Å²) in [5, 5.41) is 14.8. The lowest BCUT2D eigenvalue weighted by Crippen LogP contribution is -2.49. The van der Waals surface area contributed by atoms with Gasteiger partial charge in [0.1, 0.15) is 12.4 Å². The molecule has 0 spiro atoms. The highest BCUT2D eigenvalue weighted by atomic mass is 127. The molecule has 1 fully saturated rings. The fourth-order valence-corrected chi connectivity index (χ4v) is 2.47. The van der Waals surface area contributed by atoms with E-state index in [0.29, 0.717) is 19.1 Å². The first-order valence-electron chi connectivity index (χ1n) is 8.41. The van der Waals surface area contributed by atoms with Gasteiger partial charge in [0, 0.05) is 39.3 Å². The molecule has 1 aromatic heterocycles. The number of ether oxygens (including phenoxy) is 1. The molecule has 1 aliphatic rings. The summed E-state index contributed by atoms with van der Waals surface area (Å²) in [7, 11) is 1.95. The fraction of sp³-hybridized carbons (Fsp3) is 0.688. The van der Waals surface area contributed by atoms with E-state index in [2.05, 4.69) is 44.2 Å². The topological polar surface area (TPSA) is 79.6 Å². The van der Waals surface area contributed by atoms with Gasteiger partial charge in [-0.15, -0.1) is 40.8 Å². The zero-order valence-electron chi connectivity index (χ0n) is 15.4. The molecule has 2 N–H and O–H groups in total. The predicted octanol–water partition coefficient (Wildman–Crippen LogP) is 0.683. The van der Waals surface area contributed by atoms with E-state index in [9.17, 15) is 0 Å². The highest BCUT2D eigenvalue weighted by Gasteiger charge is 2.17. The summed E-state index contributed by atoms with van der Waals surface area (Å²) in [5.41, 5.74) is 0. The molecule has 1 atom stereocenters. The van der Waals surface area contributed by atoms with Gasteiger partial charge < -0.3 is 19.9 Å². The summed E-state index contributed by atoms with van der Waals surface area (Å²) >= 11 is 0. The molecule has 1 saturated heterocycles. The number of hydrogen-bond acceptors (Lipinski definition) is 5. The Morgan fingerprint density at radius 3 is 2.68 bits per heavy atom. The zero-order chi connectivity index (χ0) is 17.4. The Bertz CT molecular complexity index is 555. The molecule has 0 radical (unpaired) electrons. The van der Waals surface area contributed by atoms with Crippen LogP contribution in [0.3, 0.4) is 0 Å². The molecule has 2 rings (SSSR count). The number of morpholine rings is 1. The van der Waals surface area contributed by atoms with Crippen LogP contribution in [-0.2, 0) is 18.3 Å². The molecule has 1 aromatic rings. The second kappa shape index (κ2) is 11.4. The summed E-state index contributed by atoms with van der Waals surface area (Å²) in [4.78, 5) is 7.03. The molecule has 0 amide bonds. The van der Waals surface area contributed by atoms with Crippen LogP contribution in [0.5, 0.6) is 0 Å². The highest BCUT2D eigenvalue weighted by Crippen LogP contribution is 2.03. The summed E-state index contributed by atoms with van der Waals surface area (Å²) in [6, 6.07) is 0.418. The van der Waals surface area contributed by atoms with Crippen molar-refractivity contribution in [2.24, 2.45) is 12.0 Å². The van der Waals surface area contributed by atoms with Crippen LogP contribution in [0.2, 0.25) is 0 Å². The normalized spacial score (nSPS) is 16.8. The minimum absolute atomic E-state index is 0. The number of aryl methyl sites for hydroxylation is 1. The van der Waals surface area contributed by atoms with Gasteiger partial charge >= 0.3 is 0 Å². The Hall–Kier alpha value is -1.20. The molecule has 0 aromatic carbocycles. The van der Waals surface area contributed by atoms with Crippen LogP contribution >= 0.6 is 24.0 Å². The summed E-state index contributed by atoms with van der Waals surface area (Å²) < 4.78 is 7.35. The molecule has 25 heavy (non-hydrogen) atoms. The first-order valence-corrected chi connectivity index (χ1v) is 8.41. The van der Waals surface area contributed by atoms with E-state index in [0.717, 1.165) is 50.5 Å². The van der Waals surface area contributed by atoms with Crippen LogP contribution < -0.4 is 10.6 Å². The van der Waals surface area contributed by atoms with Crippen LogP contribution in [0.4, 0.5) is 0 Å². The van der Waals surface area contributed by atoms with Crippen molar-refractivity contribution in [3.8, 4) is 0 Å². The van der Waals surface area contributed by atoms with E-state index in [1.807, 2.05) is 24.6 Å². The van der Waals surface area contributed by atoms with Gasteiger partial charge in [-0.25, -0.2) is 4.99 Å². The molecular formula is C16H30IN7O. The molecule has 0 aliphatic carbocycles. The van der Waals surface area contributed by atoms with Gasteiger partial charge in [-0.3, -0.25) is 4.90 Å². The van der Waals surface area contributed by atoms with Gasteiger partial charge in [0.15, 0.2) is 11.8 Å². The average molecular weight is 463 g/mol. The van der Waals surface area contributed by atoms with E-state index in [-0.39, 0.29) is 24.0 Å². The van der Waals surface area contributed by atoms with E-state index in [1.54, 1.807) is 0 Å². The van der Waals surface area contributed by atoms with Crippen molar-refractivity contribution < 1.29 is 4.74 Å². The number of halogens is 1. The molecule has 142 valence electrons. The maximum absolute atomic E-state index is 5.40. The maximum atomic E-state index is 5.40. The van der Waals surface area contributed by atoms with Gasteiger partial charge in [-0.2, -0.15) is 0 Å². The molecule has 0 saturated carbocycles. The molecule has 1 unspecified atom stereocenters. The van der Waals surface area contributed by atoms with Gasteiger partial charge in [0.25, 0.3) is 0 Å². The molecule has 9 heteroatoms. The molecule has 0 bridgehead atoms. The zero-order valence-corrected chi connectivity index (χ0v) is 17.7. The number of aliphatic imine (C=N–C) groups is 1. The lowest BCUT2D eigenvalue weighted by molar-refractivity contribution is 0.0211. The number of hydrogen-bond donors (Lipinski definition) is 2. The van der Waals surface area contributed by atoms with Crippen molar-refractivity contribution in [1.82, 2.24) is 30.3 Å². The van der Waals surface area contributed by atoms with Gasteiger partial charge in [0.05, 0.1) is 13.2 Å². The fourth-order valence-electron chi connectivity index (χ4n) is 2.47. The van der Waals surface area contributed by atoms with E-state index >= 15 is 0 Å². The quantitative estimate of drug-likeness (QED) is 0.268. The number of rotatable bonds is 7. The Balaban J connectivity index is 0.00000312. The SMILES string of the molecule is C=CCNC(=NCc1nnc(C)n1C)NCC(C)N1CCOCC1.I. The highest BCUT2D eigenvalue weighted by molar-refractivity contribution is 14.0. The smallest absolute Gasteiger partial charge is 0.192 e. The molecule has 8 nitrogen and oxygen atoms in total. The molecular weight excluding hydrogens is 433 g/mol. The van der Waals surface area contributed by atoms with Crippen LogP contribution in [0.15, 0.2) is 17.6 Å². The Labute approximate surface area is 167 Å².